The average molecular weight is 266 g/mol. The molecule has 0 heteroatoms. The Morgan fingerprint density at radius 2 is 0.900 bits per heavy atom. The van der Waals surface area contributed by atoms with Gasteiger partial charge in [0, 0.05) is 0 Å². The molecule has 2 aromatic rings. The fraction of sp³-hybridized carbons (Fsp3) is 0.400. The Morgan fingerprint density at radius 1 is 0.550 bits per heavy atom. The first-order valence-corrected chi connectivity index (χ1v) is 7.39. The normalized spacial score (nSPS) is 12.5. The maximum atomic E-state index is 2.32. The van der Waals surface area contributed by atoms with Crippen LogP contribution in [0, 0.1) is 0 Å². The largest absolute Gasteiger partial charge is 0.0614 e. The third kappa shape index (κ3) is 3.30. The first-order chi connectivity index (χ1) is 9.18. The second kappa shape index (κ2) is 5.09. The molecule has 0 heterocycles. The number of hydrogen-bond acceptors (Lipinski definition) is 0. The van der Waals surface area contributed by atoms with E-state index in [0.717, 1.165) is 0 Å². The Morgan fingerprint density at radius 3 is 1.20 bits per heavy atom. The fourth-order valence-electron chi connectivity index (χ4n) is 2.33. The van der Waals surface area contributed by atoms with Crippen LogP contribution in [-0.4, -0.2) is 0 Å². The van der Waals surface area contributed by atoms with Gasteiger partial charge < -0.3 is 0 Å². The standard InChI is InChI=1S/C20H26/c1-19(2,3)17-11-7-9-15(13-17)16-10-8-12-18(14-16)20(4,5)6/h7-14H,1-6H3. The molecule has 0 saturated heterocycles. The van der Waals surface area contributed by atoms with Gasteiger partial charge in [-0.25, -0.2) is 0 Å². The highest BCUT2D eigenvalue weighted by atomic mass is 14.2. The number of rotatable bonds is 1. The van der Waals surface area contributed by atoms with Gasteiger partial charge in [0.15, 0.2) is 0 Å². The molecule has 0 bridgehead atoms. The van der Waals surface area contributed by atoms with E-state index in [4.69, 9.17) is 0 Å². The lowest BCUT2D eigenvalue weighted by molar-refractivity contribution is 0.589. The minimum Gasteiger partial charge on any atom is -0.0614 e. The summed E-state index contributed by atoms with van der Waals surface area (Å²) >= 11 is 0. The topological polar surface area (TPSA) is 0 Å². The van der Waals surface area contributed by atoms with Gasteiger partial charge in [-0.05, 0) is 33.1 Å². The molecule has 2 aromatic carbocycles. The Kier molecular flexibility index (Phi) is 3.77. The van der Waals surface area contributed by atoms with Crippen LogP contribution in [0.15, 0.2) is 48.5 Å². The second-order valence-corrected chi connectivity index (χ2v) is 7.66. The quantitative estimate of drug-likeness (QED) is 0.598. The van der Waals surface area contributed by atoms with Crippen LogP contribution in [0.5, 0.6) is 0 Å². The van der Waals surface area contributed by atoms with Crippen LogP contribution in [0.25, 0.3) is 11.1 Å². The van der Waals surface area contributed by atoms with Crippen LogP contribution in [0.4, 0.5) is 0 Å². The lowest BCUT2D eigenvalue weighted by Crippen LogP contribution is -2.11. The van der Waals surface area contributed by atoms with Crippen LogP contribution in [0.2, 0.25) is 0 Å². The molecule has 0 aliphatic carbocycles. The summed E-state index contributed by atoms with van der Waals surface area (Å²) in [5.74, 6) is 0. The Labute approximate surface area is 123 Å². The van der Waals surface area contributed by atoms with Crippen molar-refractivity contribution in [2.24, 2.45) is 0 Å². The van der Waals surface area contributed by atoms with Gasteiger partial charge in [0.1, 0.15) is 0 Å². The minimum absolute atomic E-state index is 0.192. The lowest BCUT2D eigenvalue weighted by Gasteiger charge is -2.21. The van der Waals surface area contributed by atoms with E-state index >= 15 is 0 Å². The summed E-state index contributed by atoms with van der Waals surface area (Å²) in [6.45, 7) is 13.6. The third-order valence-corrected chi connectivity index (χ3v) is 3.79. The molecule has 0 atom stereocenters. The van der Waals surface area contributed by atoms with E-state index in [2.05, 4.69) is 90.1 Å². The molecule has 0 saturated carbocycles. The fourth-order valence-corrected chi connectivity index (χ4v) is 2.33. The predicted octanol–water partition coefficient (Wildman–Crippen LogP) is 5.95. The SMILES string of the molecule is CC(C)(C)c1cccc(-c2cccc(C(C)(C)C)c2)c1. The van der Waals surface area contributed by atoms with Gasteiger partial charge in [-0.1, -0.05) is 90.1 Å². The summed E-state index contributed by atoms with van der Waals surface area (Å²) in [7, 11) is 0. The molecule has 2 rings (SSSR count). The molecular weight excluding hydrogens is 240 g/mol. The van der Waals surface area contributed by atoms with E-state index in [1.165, 1.54) is 22.3 Å². The van der Waals surface area contributed by atoms with Gasteiger partial charge in [-0.2, -0.15) is 0 Å². The van der Waals surface area contributed by atoms with Crippen molar-refractivity contribution in [3.8, 4) is 11.1 Å². The zero-order valence-electron chi connectivity index (χ0n) is 13.6. The van der Waals surface area contributed by atoms with Crippen molar-refractivity contribution < 1.29 is 0 Å². The van der Waals surface area contributed by atoms with Gasteiger partial charge in [-0.3, -0.25) is 0 Å². The summed E-state index contributed by atoms with van der Waals surface area (Å²) in [4.78, 5) is 0. The third-order valence-electron chi connectivity index (χ3n) is 3.79. The van der Waals surface area contributed by atoms with Crippen molar-refractivity contribution in [2.45, 2.75) is 52.4 Å². The number of hydrogen-bond donors (Lipinski definition) is 0. The second-order valence-electron chi connectivity index (χ2n) is 7.66. The maximum Gasteiger partial charge on any atom is -0.0132 e. The molecule has 0 nitrogen and oxygen atoms in total. The summed E-state index contributed by atoms with van der Waals surface area (Å²) in [6, 6.07) is 17.8. The Bertz CT molecular complexity index is 536. The van der Waals surface area contributed by atoms with Crippen LogP contribution in [-0.2, 0) is 10.8 Å². The van der Waals surface area contributed by atoms with Gasteiger partial charge in [-0.15, -0.1) is 0 Å². The Hall–Kier alpha value is -1.56. The molecule has 0 aromatic heterocycles. The van der Waals surface area contributed by atoms with Crippen molar-refractivity contribution in [2.75, 3.05) is 0 Å². The van der Waals surface area contributed by atoms with E-state index in [-0.39, 0.29) is 10.8 Å². The highest BCUT2D eigenvalue weighted by Crippen LogP contribution is 2.30. The predicted molar refractivity (Wildman–Crippen MR) is 89.3 cm³/mol. The first-order valence-electron chi connectivity index (χ1n) is 7.39. The molecule has 0 N–H and O–H groups in total. The smallest absolute Gasteiger partial charge is 0.0132 e. The zero-order valence-corrected chi connectivity index (χ0v) is 13.6. The molecule has 20 heavy (non-hydrogen) atoms. The van der Waals surface area contributed by atoms with Gasteiger partial charge in [0.2, 0.25) is 0 Å². The van der Waals surface area contributed by atoms with Crippen LogP contribution in [0.3, 0.4) is 0 Å². The molecule has 0 aliphatic heterocycles. The molecule has 0 fully saturated rings. The van der Waals surface area contributed by atoms with E-state index in [9.17, 15) is 0 Å². The van der Waals surface area contributed by atoms with Gasteiger partial charge >= 0.3 is 0 Å². The maximum absolute atomic E-state index is 2.32. The minimum atomic E-state index is 0.192. The summed E-state index contributed by atoms with van der Waals surface area (Å²) < 4.78 is 0. The average Bonchev–Trinajstić information content (AvgIpc) is 2.37. The highest BCUT2D eigenvalue weighted by Gasteiger charge is 2.16. The van der Waals surface area contributed by atoms with E-state index < -0.39 is 0 Å². The molecular formula is C20H26. The van der Waals surface area contributed by atoms with E-state index in [1.807, 2.05) is 0 Å². The van der Waals surface area contributed by atoms with Crippen LogP contribution >= 0.6 is 0 Å². The van der Waals surface area contributed by atoms with Crippen molar-refractivity contribution in [1.82, 2.24) is 0 Å². The molecule has 0 radical (unpaired) electrons. The monoisotopic (exact) mass is 266 g/mol. The molecule has 0 aliphatic rings. The van der Waals surface area contributed by atoms with Crippen molar-refractivity contribution in [3.63, 3.8) is 0 Å². The lowest BCUT2D eigenvalue weighted by atomic mass is 9.83. The van der Waals surface area contributed by atoms with Crippen molar-refractivity contribution >= 4 is 0 Å². The Balaban J connectivity index is 2.47. The molecule has 0 unspecified atom stereocenters. The van der Waals surface area contributed by atoms with Gasteiger partial charge in [0.25, 0.3) is 0 Å². The molecule has 0 spiro atoms. The highest BCUT2D eigenvalue weighted by molar-refractivity contribution is 5.65. The first kappa shape index (κ1) is 14.8. The van der Waals surface area contributed by atoms with Gasteiger partial charge in [0.05, 0.1) is 0 Å². The zero-order chi connectivity index (χ0) is 15.0. The summed E-state index contributed by atoms with van der Waals surface area (Å²) in [6.07, 6.45) is 0. The summed E-state index contributed by atoms with van der Waals surface area (Å²) in [5, 5.41) is 0. The molecule has 0 amide bonds. The van der Waals surface area contributed by atoms with Crippen molar-refractivity contribution in [3.05, 3.63) is 59.7 Å². The number of benzene rings is 2. The van der Waals surface area contributed by atoms with E-state index in [0.29, 0.717) is 0 Å². The summed E-state index contributed by atoms with van der Waals surface area (Å²) in [5.41, 5.74) is 5.77. The van der Waals surface area contributed by atoms with Crippen LogP contribution in [0.1, 0.15) is 52.7 Å². The van der Waals surface area contributed by atoms with Crippen LogP contribution < -0.4 is 0 Å². The van der Waals surface area contributed by atoms with E-state index in [1.54, 1.807) is 0 Å². The van der Waals surface area contributed by atoms with Crippen molar-refractivity contribution in [1.29, 1.82) is 0 Å². The molecule has 106 valence electrons.